The Balaban J connectivity index is 1.50. The van der Waals surface area contributed by atoms with Crippen LogP contribution in [0.2, 0.25) is 0 Å². The molecule has 0 amide bonds. The molecule has 4 heterocycles. The standard InChI is InChI=1S/C32H17N3S/c1-2-8-18(9-3-1)19-14-15-23-24(16-19)33-30-22-17-27-28(21-11-5-7-13-26(21)36-27)29-20-10-4-6-12-25(20)35(31(22)29)32(30)34-23/h1-17H. The van der Waals surface area contributed by atoms with Crippen molar-refractivity contribution in [1.29, 1.82) is 0 Å². The van der Waals surface area contributed by atoms with Crippen molar-refractivity contribution >= 4 is 80.9 Å². The molecule has 0 bridgehead atoms. The van der Waals surface area contributed by atoms with E-state index in [1.54, 1.807) is 0 Å². The summed E-state index contributed by atoms with van der Waals surface area (Å²) in [6, 6.07) is 36.7. The maximum absolute atomic E-state index is 5.24. The van der Waals surface area contributed by atoms with Gasteiger partial charge in [0.1, 0.15) is 5.52 Å². The van der Waals surface area contributed by atoms with E-state index in [9.17, 15) is 0 Å². The summed E-state index contributed by atoms with van der Waals surface area (Å²) in [4.78, 5) is 10.4. The first-order valence-corrected chi connectivity index (χ1v) is 12.9. The third-order valence-electron chi connectivity index (χ3n) is 7.50. The van der Waals surface area contributed by atoms with Gasteiger partial charge in [-0.1, -0.05) is 72.8 Å². The molecule has 0 aliphatic rings. The molecule has 166 valence electrons. The van der Waals surface area contributed by atoms with Gasteiger partial charge in [-0.25, -0.2) is 9.97 Å². The Morgan fingerprint density at radius 1 is 0.556 bits per heavy atom. The number of hydrogen-bond acceptors (Lipinski definition) is 3. The molecular weight excluding hydrogens is 458 g/mol. The molecule has 0 N–H and O–H groups in total. The lowest BCUT2D eigenvalue weighted by atomic mass is 10.0. The van der Waals surface area contributed by atoms with Gasteiger partial charge in [0.15, 0.2) is 5.65 Å². The molecule has 4 heteroatoms. The molecular formula is C32H17N3S. The number of thiophene rings is 1. The lowest BCUT2D eigenvalue weighted by molar-refractivity contribution is 1.28. The van der Waals surface area contributed by atoms with Crippen LogP contribution in [0.3, 0.4) is 0 Å². The summed E-state index contributed by atoms with van der Waals surface area (Å²) >= 11 is 1.86. The van der Waals surface area contributed by atoms with Gasteiger partial charge in [0.05, 0.1) is 22.1 Å². The second-order valence-corrected chi connectivity index (χ2v) is 10.5. The van der Waals surface area contributed by atoms with Gasteiger partial charge in [0.2, 0.25) is 0 Å². The number of aromatic nitrogens is 3. The van der Waals surface area contributed by atoms with Crippen LogP contribution in [0.4, 0.5) is 0 Å². The monoisotopic (exact) mass is 475 g/mol. The van der Waals surface area contributed by atoms with Crippen LogP contribution in [-0.4, -0.2) is 14.4 Å². The van der Waals surface area contributed by atoms with E-state index in [-0.39, 0.29) is 0 Å². The van der Waals surface area contributed by atoms with E-state index in [4.69, 9.17) is 9.97 Å². The topological polar surface area (TPSA) is 30.2 Å². The second kappa shape index (κ2) is 6.56. The van der Waals surface area contributed by atoms with Gasteiger partial charge in [-0.05, 0) is 41.5 Å². The Labute approximate surface area is 209 Å². The van der Waals surface area contributed by atoms with E-state index in [1.165, 1.54) is 52.9 Å². The second-order valence-electron chi connectivity index (χ2n) is 9.44. The van der Waals surface area contributed by atoms with Crippen LogP contribution in [0, 0.1) is 0 Å². The molecule has 9 rings (SSSR count). The van der Waals surface area contributed by atoms with Crippen molar-refractivity contribution in [2.75, 3.05) is 0 Å². The Bertz CT molecular complexity index is 2310. The van der Waals surface area contributed by atoms with Gasteiger partial charge in [0.25, 0.3) is 0 Å². The van der Waals surface area contributed by atoms with Gasteiger partial charge < -0.3 is 0 Å². The third-order valence-corrected chi connectivity index (χ3v) is 8.62. The summed E-state index contributed by atoms with van der Waals surface area (Å²) in [5.41, 5.74) is 8.49. The number of benzene rings is 5. The Hall–Kier alpha value is -4.54. The van der Waals surface area contributed by atoms with Crippen LogP contribution in [0.5, 0.6) is 0 Å². The minimum atomic E-state index is 0.916. The number of hydrogen-bond donors (Lipinski definition) is 0. The fourth-order valence-corrected chi connectivity index (χ4v) is 7.12. The van der Waals surface area contributed by atoms with Crippen molar-refractivity contribution in [2.24, 2.45) is 0 Å². The third kappa shape index (κ3) is 2.27. The van der Waals surface area contributed by atoms with E-state index in [1.807, 2.05) is 17.4 Å². The first-order chi connectivity index (χ1) is 17.8. The average Bonchev–Trinajstić information content (AvgIpc) is 3.57. The van der Waals surface area contributed by atoms with E-state index in [0.717, 1.165) is 27.8 Å². The molecule has 5 aromatic carbocycles. The van der Waals surface area contributed by atoms with E-state index in [0.29, 0.717) is 0 Å². The molecule has 0 atom stereocenters. The van der Waals surface area contributed by atoms with Gasteiger partial charge in [-0.2, -0.15) is 0 Å². The van der Waals surface area contributed by atoms with Gasteiger partial charge >= 0.3 is 0 Å². The molecule has 0 saturated carbocycles. The van der Waals surface area contributed by atoms with Crippen LogP contribution < -0.4 is 0 Å². The van der Waals surface area contributed by atoms with Crippen molar-refractivity contribution in [1.82, 2.24) is 14.4 Å². The van der Waals surface area contributed by atoms with E-state index in [2.05, 4.69) is 101 Å². The molecule has 0 fully saturated rings. The first kappa shape index (κ1) is 18.7. The maximum Gasteiger partial charge on any atom is 0.165 e. The van der Waals surface area contributed by atoms with Crippen molar-refractivity contribution in [3.05, 3.63) is 103 Å². The number of rotatable bonds is 1. The zero-order valence-electron chi connectivity index (χ0n) is 19.1. The lowest BCUT2D eigenvalue weighted by Crippen LogP contribution is -1.90. The molecule has 0 aliphatic carbocycles. The van der Waals surface area contributed by atoms with Gasteiger partial charge in [0, 0.05) is 36.3 Å². The predicted molar refractivity (Wildman–Crippen MR) is 153 cm³/mol. The first-order valence-electron chi connectivity index (χ1n) is 12.1. The SMILES string of the molecule is c1ccc(-c2ccc3nc4c(nc3c2)c2cc3sc5ccccc5c3c3c5ccccc5n4c23)cc1. The average molecular weight is 476 g/mol. The quantitative estimate of drug-likeness (QED) is 0.237. The number of nitrogens with zero attached hydrogens (tertiary/aromatic N) is 3. The fraction of sp³-hybridized carbons (Fsp3) is 0. The van der Waals surface area contributed by atoms with Gasteiger partial charge in [-0.3, -0.25) is 4.40 Å². The molecule has 3 nitrogen and oxygen atoms in total. The Morgan fingerprint density at radius 2 is 1.36 bits per heavy atom. The summed E-state index contributed by atoms with van der Waals surface area (Å²) in [6.07, 6.45) is 0. The van der Waals surface area contributed by atoms with Crippen molar-refractivity contribution in [3.63, 3.8) is 0 Å². The highest BCUT2D eigenvalue weighted by Gasteiger charge is 2.23. The molecule has 36 heavy (non-hydrogen) atoms. The summed E-state index contributed by atoms with van der Waals surface area (Å²) in [6.45, 7) is 0. The largest absolute Gasteiger partial charge is 0.291 e. The van der Waals surface area contributed by atoms with E-state index >= 15 is 0 Å². The summed E-state index contributed by atoms with van der Waals surface area (Å²) in [5.74, 6) is 0. The Kier molecular flexibility index (Phi) is 3.42. The number of para-hydroxylation sites is 1. The summed E-state index contributed by atoms with van der Waals surface area (Å²) in [7, 11) is 0. The highest BCUT2D eigenvalue weighted by Crippen LogP contribution is 2.47. The molecule has 0 radical (unpaired) electrons. The zero-order valence-corrected chi connectivity index (χ0v) is 19.9. The van der Waals surface area contributed by atoms with Crippen molar-refractivity contribution in [2.45, 2.75) is 0 Å². The van der Waals surface area contributed by atoms with E-state index < -0.39 is 0 Å². The van der Waals surface area contributed by atoms with Crippen LogP contribution in [0.25, 0.3) is 80.7 Å². The predicted octanol–water partition coefficient (Wildman–Crippen LogP) is 8.81. The minimum Gasteiger partial charge on any atom is -0.291 e. The molecule has 9 aromatic rings. The fourth-order valence-electron chi connectivity index (χ4n) is 5.96. The lowest BCUT2D eigenvalue weighted by Gasteiger charge is -2.04. The highest BCUT2D eigenvalue weighted by molar-refractivity contribution is 7.26. The Morgan fingerprint density at radius 3 is 2.28 bits per heavy atom. The van der Waals surface area contributed by atoms with Crippen LogP contribution in [0.1, 0.15) is 0 Å². The summed E-state index contributed by atoms with van der Waals surface area (Å²) in [5, 5.41) is 6.42. The van der Waals surface area contributed by atoms with Gasteiger partial charge in [-0.15, -0.1) is 11.3 Å². The molecule has 4 aromatic heterocycles. The molecule has 0 saturated heterocycles. The zero-order chi connectivity index (χ0) is 23.4. The van der Waals surface area contributed by atoms with Crippen LogP contribution in [-0.2, 0) is 0 Å². The molecule has 0 unspecified atom stereocenters. The van der Waals surface area contributed by atoms with Crippen molar-refractivity contribution in [3.8, 4) is 11.1 Å². The van der Waals surface area contributed by atoms with Crippen LogP contribution in [0.15, 0.2) is 103 Å². The number of fused-ring (bicyclic) bond motifs is 11. The molecule has 0 spiro atoms. The normalized spacial score (nSPS) is 12.4. The smallest absolute Gasteiger partial charge is 0.165 e. The maximum atomic E-state index is 5.24. The summed E-state index contributed by atoms with van der Waals surface area (Å²) < 4.78 is 4.95. The van der Waals surface area contributed by atoms with Crippen molar-refractivity contribution < 1.29 is 0 Å². The highest BCUT2D eigenvalue weighted by atomic mass is 32.1. The van der Waals surface area contributed by atoms with Crippen LogP contribution >= 0.6 is 11.3 Å². The minimum absolute atomic E-state index is 0.916. The molecule has 0 aliphatic heterocycles.